The average molecular weight is 1270 g/mol. The van der Waals surface area contributed by atoms with Crippen LogP contribution in [0.15, 0.2) is 285 Å². The van der Waals surface area contributed by atoms with Crippen molar-refractivity contribution in [1.82, 2.24) is 0 Å². The minimum Gasteiger partial charge on any atom is -0.311 e. The van der Waals surface area contributed by atoms with E-state index in [1.165, 1.54) is 108 Å². The normalized spacial score (nSPS) is 15.5. The molecule has 0 radical (unpaired) electrons. The highest BCUT2D eigenvalue weighted by Crippen LogP contribution is 2.56. The van der Waals surface area contributed by atoms with Crippen molar-refractivity contribution in [2.75, 3.05) is 24.5 Å². The molecule has 0 saturated carbocycles. The average Bonchev–Trinajstić information content (AvgIpc) is 1.18. The lowest BCUT2D eigenvalue weighted by Crippen LogP contribution is -2.65. The molecular formula is C87H69B2N5S2. The SMILES string of the molecule is CC1(C)CCC(C)(C)c2cc(N3c4cc(N(c5ccccc5)c5ccccc5)cc5c4B(c4cc6c(cc4N5c4ccccc4)N(c4ccccc4)c4cc(N(c5ccccc5)c5ccccc5)cc5c4B6c4sc6ccccc6c4C5(C)C)c4sc5ccccc5c43)ccc21. The summed E-state index contributed by atoms with van der Waals surface area (Å²) in [6.45, 7) is 14.6. The second-order valence-corrected chi connectivity index (χ2v) is 30.8. The maximum Gasteiger partial charge on any atom is 0.264 e. The van der Waals surface area contributed by atoms with Crippen molar-refractivity contribution >= 4 is 173 Å². The molecule has 14 aromatic rings. The van der Waals surface area contributed by atoms with Crippen molar-refractivity contribution in [3.05, 3.63) is 307 Å². The lowest BCUT2D eigenvalue weighted by Gasteiger charge is -2.48. The molecule has 19 rings (SSSR count). The first kappa shape index (κ1) is 57.2. The van der Waals surface area contributed by atoms with Gasteiger partial charge in [0.05, 0.1) is 11.4 Å². The molecule has 0 fully saturated rings. The van der Waals surface area contributed by atoms with Gasteiger partial charge in [0.1, 0.15) is 0 Å². The molecule has 0 atom stereocenters. The molecular weight excluding hydrogens is 1200 g/mol. The molecule has 0 amide bonds. The predicted molar refractivity (Wildman–Crippen MR) is 414 cm³/mol. The van der Waals surface area contributed by atoms with Crippen LogP contribution in [-0.4, -0.2) is 13.4 Å². The molecule has 0 spiro atoms. The highest BCUT2D eigenvalue weighted by atomic mass is 32.1. The number of hydrogen-bond acceptors (Lipinski definition) is 7. The number of fused-ring (bicyclic) bond motifs is 13. The third-order valence-corrected chi connectivity index (χ3v) is 24.3. The van der Waals surface area contributed by atoms with Crippen LogP contribution in [0.25, 0.3) is 20.2 Å². The monoisotopic (exact) mass is 1270 g/mol. The Kier molecular flexibility index (Phi) is 12.7. The number of rotatable bonds is 9. The third-order valence-electron chi connectivity index (χ3n) is 21.8. The zero-order valence-electron chi connectivity index (χ0n) is 54.8. The van der Waals surface area contributed by atoms with Crippen molar-refractivity contribution in [2.45, 2.75) is 70.6 Å². The van der Waals surface area contributed by atoms with Crippen LogP contribution in [0.4, 0.5) is 85.3 Å². The lowest BCUT2D eigenvalue weighted by molar-refractivity contribution is 0.332. The van der Waals surface area contributed by atoms with Gasteiger partial charge in [-0.2, -0.15) is 0 Å². The van der Waals surface area contributed by atoms with Crippen molar-refractivity contribution < 1.29 is 0 Å². The molecule has 0 bridgehead atoms. The van der Waals surface area contributed by atoms with E-state index in [2.05, 4.69) is 351 Å². The van der Waals surface area contributed by atoms with Gasteiger partial charge in [-0.15, -0.1) is 22.7 Å². The minimum absolute atomic E-state index is 0.0149. The first-order chi connectivity index (χ1) is 46.9. The summed E-state index contributed by atoms with van der Waals surface area (Å²) in [6, 6.07) is 108. The van der Waals surface area contributed by atoms with Crippen LogP contribution >= 0.6 is 22.7 Å². The third kappa shape index (κ3) is 8.49. The Balaban J connectivity index is 0.951. The van der Waals surface area contributed by atoms with Gasteiger partial charge in [0.25, 0.3) is 13.4 Å². The maximum absolute atomic E-state index is 2.72. The van der Waals surface area contributed by atoms with Crippen LogP contribution in [0.5, 0.6) is 0 Å². The van der Waals surface area contributed by atoms with Gasteiger partial charge in [-0.3, -0.25) is 0 Å². The van der Waals surface area contributed by atoms with Crippen molar-refractivity contribution in [3.8, 4) is 0 Å². The van der Waals surface area contributed by atoms with Gasteiger partial charge >= 0.3 is 0 Å². The van der Waals surface area contributed by atoms with E-state index in [0.717, 1.165) is 64.0 Å². The molecule has 0 N–H and O–H groups in total. The summed E-state index contributed by atoms with van der Waals surface area (Å²) < 4.78 is 5.41. The minimum atomic E-state index is -0.387. The number of hydrogen-bond donors (Lipinski definition) is 0. The van der Waals surface area contributed by atoms with Gasteiger partial charge in [0.2, 0.25) is 0 Å². The van der Waals surface area contributed by atoms with Crippen LogP contribution in [0, 0.1) is 0 Å². The van der Waals surface area contributed by atoms with Crippen LogP contribution in [0.2, 0.25) is 0 Å². The van der Waals surface area contributed by atoms with E-state index in [1.807, 2.05) is 22.7 Å². The highest BCUT2D eigenvalue weighted by Gasteiger charge is 2.52. The van der Waals surface area contributed by atoms with Crippen molar-refractivity contribution in [2.24, 2.45) is 0 Å². The zero-order valence-corrected chi connectivity index (χ0v) is 56.4. The number of anilines is 15. The van der Waals surface area contributed by atoms with Crippen LogP contribution < -0.4 is 55.9 Å². The summed E-state index contributed by atoms with van der Waals surface area (Å²) in [5.74, 6) is 0. The number of nitrogens with zero attached hydrogens (tertiary/aromatic N) is 5. The fourth-order valence-electron chi connectivity index (χ4n) is 17.3. The van der Waals surface area contributed by atoms with E-state index in [0.29, 0.717) is 0 Å². The second-order valence-electron chi connectivity index (χ2n) is 28.6. The molecule has 1 aliphatic carbocycles. The first-order valence-electron chi connectivity index (χ1n) is 33.9. The summed E-state index contributed by atoms with van der Waals surface area (Å²) in [5, 5.41) is 2.61. The number of benzene rings is 12. The smallest absolute Gasteiger partial charge is 0.264 e. The summed E-state index contributed by atoms with van der Waals surface area (Å²) in [7, 11) is 0. The molecule has 5 aliphatic rings. The Labute approximate surface area is 571 Å². The number of thiophene rings is 2. The van der Waals surface area contributed by atoms with E-state index in [-0.39, 0.29) is 29.7 Å². The van der Waals surface area contributed by atoms with Crippen molar-refractivity contribution in [3.63, 3.8) is 0 Å². The van der Waals surface area contributed by atoms with Crippen LogP contribution in [0.3, 0.4) is 0 Å². The molecule has 4 aliphatic heterocycles. The van der Waals surface area contributed by atoms with Gasteiger partial charge in [0.15, 0.2) is 0 Å². The second kappa shape index (κ2) is 21.3. The van der Waals surface area contributed by atoms with Gasteiger partial charge in [-0.05, 0) is 205 Å². The Morgan fingerprint density at radius 2 is 0.740 bits per heavy atom. The van der Waals surface area contributed by atoms with Gasteiger partial charge < -0.3 is 24.5 Å². The molecule has 460 valence electrons. The number of para-hydroxylation sites is 6. The van der Waals surface area contributed by atoms with E-state index in [9.17, 15) is 0 Å². The topological polar surface area (TPSA) is 16.2 Å². The van der Waals surface area contributed by atoms with Gasteiger partial charge in [0, 0.05) is 98.9 Å². The quantitative estimate of drug-likeness (QED) is 0.134. The molecule has 0 saturated heterocycles. The molecule has 2 aromatic heterocycles. The Hall–Kier alpha value is -10.3. The lowest BCUT2D eigenvalue weighted by atomic mass is 9.31. The van der Waals surface area contributed by atoms with Crippen LogP contribution in [0.1, 0.15) is 76.6 Å². The highest BCUT2D eigenvalue weighted by molar-refractivity contribution is 7.34. The first-order valence-corrected chi connectivity index (χ1v) is 35.6. The summed E-state index contributed by atoms with van der Waals surface area (Å²) in [6.07, 6.45) is 2.28. The van der Waals surface area contributed by atoms with Gasteiger partial charge in [-0.1, -0.05) is 199 Å². The van der Waals surface area contributed by atoms with Crippen molar-refractivity contribution in [1.29, 1.82) is 0 Å². The van der Waals surface area contributed by atoms with Gasteiger partial charge in [-0.25, -0.2) is 0 Å². The summed E-state index contributed by atoms with van der Waals surface area (Å²) in [4.78, 5) is 12.9. The molecule has 12 aromatic carbocycles. The molecule has 96 heavy (non-hydrogen) atoms. The largest absolute Gasteiger partial charge is 0.311 e. The predicted octanol–water partition coefficient (Wildman–Crippen LogP) is 20.4. The molecule has 0 unspecified atom stereocenters. The molecule has 5 nitrogen and oxygen atoms in total. The van der Waals surface area contributed by atoms with E-state index in [4.69, 9.17) is 0 Å². The van der Waals surface area contributed by atoms with E-state index >= 15 is 0 Å². The fourth-order valence-corrected chi connectivity index (χ4v) is 20.1. The maximum atomic E-state index is 2.72. The van der Waals surface area contributed by atoms with E-state index in [1.54, 1.807) is 0 Å². The van der Waals surface area contributed by atoms with Crippen LogP contribution in [-0.2, 0) is 16.2 Å². The Morgan fingerprint density at radius 1 is 0.323 bits per heavy atom. The molecule has 6 heterocycles. The zero-order chi connectivity index (χ0) is 64.3. The Bertz CT molecular complexity index is 5360. The standard InChI is InChI=1S/C87H69B2N5S2/c1-85(2)47-48-86(3,4)68-49-62(45-46-67(68)85)94-76-53-64(91(58-33-17-9-18-34-58)59-35-19-10-20-36-59)52-75-81(76)89(84-82(94)66-42-26-28-44-78(66)96-84)71-54-70-72(55-73(71)93(75)61-39-23-12-24-40-61)92(60-37-21-11-22-38-60)74-51-63(90(56-29-13-7-14-30-56)57-31-15-8-16-32-57)50-69-80(74)88(70)83-79(87(69,5)6)65-41-25-27-43-77(65)95-83/h7-46,49-55H,47-48H2,1-6H3. The Morgan fingerprint density at radius 3 is 1.27 bits per heavy atom. The van der Waals surface area contributed by atoms with E-state index < -0.39 is 0 Å². The molecule has 9 heteroatoms. The summed E-state index contributed by atoms with van der Waals surface area (Å²) in [5.41, 5.74) is 27.8. The summed E-state index contributed by atoms with van der Waals surface area (Å²) >= 11 is 3.98. The fraction of sp³-hybridized carbons (Fsp3) is 0.126.